The molecule has 0 saturated carbocycles. The lowest BCUT2D eigenvalue weighted by molar-refractivity contribution is -0.136. The van der Waals surface area contributed by atoms with E-state index in [9.17, 15) is 9.59 Å². The highest BCUT2D eigenvalue weighted by Gasteiger charge is 2.15. The lowest BCUT2D eigenvalue weighted by Gasteiger charge is -2.12. The molecule has 0 saturated heterocycles. The smallest absolute Gasteiger partial charge is 0.313 e. The number of carbonyl (C=O) groups excluding carboxylic acids is 2. The molecule has 0 radical (unpaired) electrons. The summed E-state index contributed by atoms with van der Waals surface area (Å²) in [7, 11) is 0. The molecule has 0 aliphatic rings. The van der Waals surface area contributed by atoms with Crippen molar-refractivity contribution in [3.05, 3.63) is 29.3 Å². The summed E-state index contributed by atoms with van der Waals surface area (Å²) in [4.78, 5) is 23.6. The number of rotatable bonds is 6. The molecule has 0 bridgehead atoms. The Bertz CT molecular complexity index is 470. The maximum atomic E-state index is 11.9. The van der Waals surface area contributed by atoms with Gasteiger partial charge in [0.15, 0.2) is 0 Å². The van der Waals surface area contributed by atoms with E-state index in [1.165, 1.54) is 0 Å². The van der Waals surface area contributed by atoms with Crippen molar-refractivity contribution < 1.29 is 9.59 Å². The molecule has 2 amide bonds. The molecule has 0 spiro atoms. The fraction of sp³-hybridized carbons (Fsp3) is 0.500. The molecule has 0 atom stereocenters. The number of nitrogens with one attached hydrogen (secondary N) is 2. The van der Waals surface area contributed by atoms with Crippen molar-refractivity contribution in [3.8, 4) is 0 Å². The SMILES string of the molecule is CCCCCNC(=O)C(=O)Nc1c(C)cccc1CC. The van der Waals surface area contributed by atoms with Gasteiger partial charge in [-0.2, -0.15) is 0 Å². The summed E-state index contributed by atoms with van der Waals surface area (Å²) in [6, 6.07) is 5.84. The standard InChI is InChI=1S/C16H24N2O2/c1-4-6-7-11-17-15(19)16(20)18-14-12(3)9-8-10-13(14)5-2/h8-10H,4-7,11H2,1-3H3,(H,17,19)(H,18,20). The predicted molar refractivity (Wildman–Crippen MR) is 81.7 cm³/mol. The van der Waals surface area contributed by atoms with Gasteiger partial charge in [-0.1, -0.05) is 44.9 Å². The third-order valence-electron chi connectivity index (χ3n) is 3.25. The molecule has 1 aromatic rings. The van der Waals surface area contributed by atoms with Gasteiger partial charge in [-0.15, -0.1) is 0 Å². The summed E-state index contributed by atoms with van der Waals surface area (Å²) in [6.07, 6.45) is 3.86. The van der Waals surface area contributed by atoms with Crippen LogP contribution in [0.2, 0.25) is 0 Å². The number of amides is 2. The Morgan fingerprint density at radius 3 is 2.50 bits per heavy atom. The summed E-state index contributed by atoms with van der Waals surface area (Å²) >= 11 is 0. The molecule has 110 valence electrons. The Balaban J connectivity index is 2.60. The Hall–Kier alpha value is -1.84. The minimum absolute atomic E-state index is 0.550. The highest BCUT2D eigenvalue weighted by molar-refractivity contribution is 6.39. The summed E-state index contributed by atoms with van der Waals surface area (Å²) in [6.45, 7) is 6.59. The second kappa shape index (κ2) is 8.35. The van der Waals surface area contributed by atoms with Gasteiger partial charge in [-0.05, 0) is 30.9 Å². The van der Waals surface area contributed by atoms with Crippen molar-refractivity contribution >= 4 is 17.5 Å². The molecule has 0 unspecified atom stereocenters. The van der Waals surface area contributed by atoms with Gasteiger partial charge in [0.05, 0.1) is 0 Å². The normalized spacial score (nSPS) is 10.2. The number of anilines is 1. The largest absolute Gasteiger partial charge is 0.348 e. The first-order valence-corrected chi connectivity index (χ1v) is 7.27. The van der Waals surface area contributed by atoms with Crippen LogP contribution in [0.4, 0.5) is 5.69 Å². The quantitative estimate of drug-likeness (QED) is 0.620. The lowest BCUT2D eigenvalue weighted by atomic mass is 10.1. The molecule has 1 aromatic carbocycles. The van der Waals surface area contributed by atoms with Crippen LogP contribution >= 0.6 is 0 Å². The first-order chi connectivity index (χ1) is 9.60. The fourth-order valence-corrected chi connectivity index (χ4v) is 2.03. The average Bonchev–Trinajstić information content (AvgIpc) is 2.45. The molecule has 4 nitrogen and oxygen atoms in total. The van der Waals surface area contributed by atoms with Crippen LogP contribution in [0.1, 0.15) is 44.2 Å². The molecule has 2 N–H and O–H groups in total. The number of hydrogen-bond donors (Lipinski definition) is 2. The van der Waals surface area contributed by atoms with E-state index in [0.29, 0.717) is 6.54 Å². The lowest BCUT2D eigenvalue weighted by Crippen LogP contribution is -2.36. The maximum Gasteiger partial charge on any atom is 0.313 e. The van der Waals surface area contributed by atoms with Crippen LogP contribution in [-0.2, 0) is 16.0 Å². The molecule has 0 aliphatic carbocycles. The molecular formula is C16H24N2O2. The van der Waals surface area contributed by atoms with Crippen molar-refractivity contribution in [1.29, 1.82) is 0 Å². The van der Waals surface area contributed by atoms with Crippen molar-refractivity contribution in [2.45, 2.75) is 46.5 Å². The minimum Gasteiger partial charge on any atom is -0.348 e. The van der Waals surface area contributed by atoms with Crippen molar-refractivity contribution in [3.63, 3.8) is 0 Å². The number of hydrogen-bond acceptors (Lipinski definition) is 2. The van der Waals surface area contributed by atoms with Gasteiger partial charge in [0.2, 0.25) is 0 Å². The second-order valence-corrected chi connectivity index (χ2v) is 4.88. The number of benzene rings is 1. The molecule has 0 aromatic heterocycles. The van der Waals surface area contributed by atoms with E-state index in [0.717, 1.165) is 42.5 Å². The zero-order valence-electron chi connectivity index (χ0n) is 12.6. The highest BCUT2D eigenvalue weighted by atomic mass is 16.2. The summed E-state index contributed by atoms with van der Waals surface area (Å²) in [5, 5.41) is 5.36. The van der Waals surface area contributed by atoms with Gasteiger partial charge in [0.25, 0.3) is 0 Å². The van der Waals surface area contributed by atoms with E-state index in [-0.39, 0.29) is 0 Å². The minimum atomic E-state index is -0.592. The van der Waals surface area contributed by atoms with Gasteiger partial charge in [-0.25, -0.2) is 0 Å². The molecule has 20 heavy (non-hydrogen) atoms. The second-order valence-electron chi connectivity index (χ2n) is 4.88. The first kappa shape index (κ1) is 16.2. The van der Waals surface area contributed by atoms with Crippen LogP contribution < -0.4 is 10.6 Å². The predicted octanol–water partition coefficient (Wildman–Crippen LogP) is 2.80. The van der Waals surface area contributed by atoms with Gasteiger partial charge >= 0.3 is 11.8 Å². The van der Waals surface area contributed by atoms with Crippen LogP contribution in [0.25, 0.3) is 0 Å². The van der Waals surface area contributed by atoms with Crippen LogP contribution in [0.15, 0.2) is 18.2 Å². The Kier molecular flexibility index (Phi) is 6.77. The van der Waals surface area contributed by atoms with E-state index in [2.05, 4.69) is 17.6 Å². The molecule has 4 heteroatoms. The molecule has 0 aliphatic heterocycles. The fourth-order valence-electron chi connectivity index (χ4n) is 2.03. The monoisotopic (exact) mass is 276 g/mol. The number of aryl methyl sites for hydroxylation is 2. The van der Waals surface area contributed by atoms with Gasteiger partial charge in [0, 0.05) is 12.2 Å². The molecule has 0 heterocycles. The summed E-state index contributed by atoms with van der Waals surface area (Å²) in [5.41, 5.74) is 2.76. The summed E-state index contributed by atoms with van der Waals surface area (Å²) in [5.74, 6) is -1.16. The van der Waals surface area contributed by atoms with E-state index < -0.39 is 11.8 Å². The summed E-state index contributed by atoms with van der Waals surface area (Å²) < 4.78 is 0. The van der Waals surface area contributed by atoms with Crippen LogP contribution in [0, 0.1) is 6.92 Å². The van der Waals surface area contributed by atoms with Crippen molar-refractivity contribution in [2.75, 3.05) is 11.9 Å². The van der Waals surface area contributed by atoms with Crippen LogP contribution in [0.5, 0.6) is 0 Å². The Morgan fingerprint density at radius 2 is 1.85 bits per heavy atom. The number of para-hydroxylation sites is 1. The third kappa shape index (κ3) is 4.68. The van der Waals surface area contributed by atoms with E-state index in [1.807, 2.05) is 32.0 Å². The zero-order chi connectivity index (χ0) is 15.0. The molecular weight excluding hydrogens is 252 g/mol. The van der Waals surface area contributed by atoms with Crippen molar-refractivity contribution in [2.24, 2.45) is 0 Å². The Morgan fingerprint density at radius 1 is 1.10 bits per heavy atom. The third-order valence-corrected chi connectivity index (χ3v) is 3.25. The topological polar surface area (TPSA) is 58.2 Å². The number of unbranched alkanes of at least 4 members (excludes halogenated alkanes) is 2. The van der Waals surface area contributed by atoms with E-state index in [1.54, 1.807) is 0 Å². The number of carbonyl (C=O) groups is 2. The van der Waals surface area contributed by atoms with Gasteiger partial charge in [-0.3, -0.25) is 9.59 Å². The molecule has 1 rings (SSSR count). The highest BCUT2D eigenvalue weighted by Crippen LogP contribution is 2.20. The zero-order valence-corrected chi connectivity index (χ0v) is 12.6. The van der Waals surface area contributed by atoms with Gasteiger partial charge < -0.3 is 10.6 Å². The van der Waals surface area contributed by atoms with Crippen molar-refractivity contribution in [1.82, 2.24) is 5.32 Å². The van der Waals surface area contributed by atoms with Crippen LogP contribution in [0.3, 0.4) is 0 Å². The van der Waals surface area contributed by atoms with Crippen LogP contribution in [-0.4, -0.2) is 18.4 Å². The average molecular weight is 276 g/mol. The molecule has 0 fully saturated rings. The van der Waals surface area contributed by atoms with Gasteiger partial charge in [0.1, 0.15) is 0 Å². The van der Waals surface area contributed by atoms with E-state index >= 15 is 0 Å². The Labute approximate surface area is 121 Å². The first-order valence-electron chi connectivity index (χ1n) is 7.27. The van der Waals surface area contributed by atoms with E-state index in [4.69, 9.17) is 0 Å². The maximum absolute atomic E-state index is 11.9.